The van der Waals surface area contributed by atoms with E-state index in [0.29, 0.717) is 12.4 Å². The minimum Gasteiger partial charge on any atom is -0.375 e. The molecule has 1 heterocycles. The number of nitrogens with one attached hydrogen (secondary N) is 1. The van der Waals surface area contributed by atoms with Crippen LogP contribution in [-0.4, -0.2) is 14.8 Å². The van der Waals surface area contributed by atoms with Crippen LogP contribution in [0.15, 0.2) is 18.5 Å². The third kappa shape index (κ3) is 3.07. The molecule has 0 aliphatic rings. The Morgan fingerprint density at radius 3 is 2.79 bits per heavy atom. The predicted octanol–water partition coefficient (Wildman–Crippen LogP) is 2.89. The minimum absolute atomic E-state index is 0.133. The van der Waals surface area contributed by atoms with Crippen molar-refractivity contribution < 1.29 is 8.78 Å². The van der Waals surface area contributed by atoms with Crippen LogP contribution in [0.1, 0.15) is 24.7 Å². The van der Waals surface area contributed by atoms with Gasteiger partial charge in [-0.2, -0.15) is 5.10 Å². The van der Waals surface area contributed by atoms with Crippen LogP contribution < -0.4 is 5.32 Å². The number of rotatable bonds is 5. The maximum atomic E-state index is 13.6. The number of hydrogen-bond acceptors (Lipinski definition) is 3. The van der Waals surface area contributed by atoms with Gasteiger partial charge in [0.2, 0.25) is 0 Å². The molecule has 0 aliphatic heterocycles. The molecule has 1 aromatic heterocycles. The lowest BCUT2D eigenvalue weighted by molar-refractivity contribution is 0.571. The molecule has 0 unspecified atom stereocenters. The minimum atomic E-state index is -0.472. The molecule has 0 atom stereocenters. The fourth-order valence-electron chi connectivity index (χ4n) is 1.78. The number of aryl methyl sites for hydroxylation is 2. The van der Waals surface area contributed by atoms with E-state index in [-0.39, 0.29) is 11.3 Å². The molecule has 1 aromatic carbocycles. The fourth-order valence-corrected chi connectivity index (χ4v) is 1.78. The summed E-state index contributed by atoms with van der Waals surface area (Å²) in [5, 5.41) is 6.91. The predicted molar refractivity (Wildman–Crippen MR) is 68.7 cm³/mol. The Morgan fingerprint density at radius 1 is 1.26 bits per heavy atom. The summed E-state index contributed by atoms with van der Waals surface area (Å²) < 4.78 is 28.8. The number of anilines is 1. The lowest BCUT2D eigenvalue weighted by Crippen LogP contribution is -2.11. The largest absolute Gasteiger partial charge is 0.375 e. The van der Waals surface area contributed by atoms with Crippen LogP contribution in [0.25, 0.3) is 0 Å². The standard InChI is InChI=1S/C13H16F2N4/c1-3-4-19-13(17-8-18-19)7-16-12-6-10(14)9(2)5-11(12)15/h5-6,8,16H,3-4,7H2,1-2H3. The van der Waals surface area contributed by atoms with Crippen molar-refractivity contribution in [2.75, 3.05) is 5.32 Å². The van der Waals surface area contributed by atoms with E-state index in [0.717, 1.165) is 19.0 Å². The van der Waals surface area contributed by atoms with Crippen LogP contribution in [0.3, 0.4) is 0 Å². The van der Waals surface area contributed by atoms with Crippen LogP contribution >= 0.6 is 0 Å². The topological polar surface area (TPSA) is 42.7 Å². The Labute approximate surface area is 110 Å². The van der Waals surface area contributed by atoms with Crippen LogP contribution in [0.5, 0.6) is 0 Å². The highest BCUT2D eigenvalue weighted by Gasteiger charge is 2.09. The molecule has 6 heteroatoms. The number of nitrogens with zero attached hydrogens (tertiary/aromatic N) is 3. The molecule has 0 spiro atoms. The van der Waals surface area contributed by atoms with E-state index in [1.54, 1.807) is 4.68 Å². The highest BCUT2D eigenvalue weighted by atomic mass is 19.1. The molecule has 102 valence electrons. The molecule has 0 saturated carbocycles. The zero-order valence-corrected chi connectivity index (χ0v) is 11.0. The molecular weight excluding hydrogens is 250 g/mol. The van der Waals surface area contributed by atoms with Crippen molar-refractivity contribution in [2.24, 2.45) is 0 Å². The van der Waals surface area contributed by atoms with Crippen molar-refractivity contribution in [1.82, 2.24) is 14.8 Å². The van der Waals surface area contributed by atoms with Crippen molar-refractivity contribution in [3.8, 4) is 0 Å². The van der Waals surface area contributed by atoms with Gasteiger partial charge < -0.3 is 5.32 Å². The Balaban J connectivity index is 2.10. The second kappa shape index (κ2) is 5.77. The third-order valence-electron chi connectivity index (χ3n) is 2.82. The van der Waals surface area contributed by atoms with Gasteiger partial charge in [0.15, 0.2) is 0 Å². The maximum absolute atomic E-state index is 13.6. The van der Waals surface area contributed by atoms with E-state index in [4.69, 9.17) is 0 Å². The highest BCUT2D eigenvalue weighted by molar-refractivity contribution is 5.46. The summed E-state index contributed by atoms with van der Waals surface area (Å²) in [6.07, 6.45) is 2.39. The van der Waals surface area contributed by atoms with Crippen LogP contribution in [0, 0.1) is 18.6 Å². The van der Waals surface area contributed by atoms with Crippen LogP contribution in [-0.2, 0) is 13.1 Å². The van der Waals surface area contributed by atoms with Gasteiger partial charge in [0.1, 0.15) is 23.8 Å². The maximum Gasteiger partial charge on any atom is 0.146 e. The summed E-state index contributed by atoms with van der Waals surface area (Å²) in [7, 11) is 0. The molecule has 0 fully saturated rings. The van der Waals surface area contributed by atoms with Gasteiger partial charge >= 0.3 is 0 Å². The van der Waals surface area contributed by atoms with Gasteiger partial charge in [-0.15, -0.1) is 0 Å². The summed E-state index contributed by atoms with van der Waals surface area (Å²) in [4.78, 5) is 4.09. The molecular formula is C13H16F2N4. The van der Waals surface area contributed by atoms with Crippen molar-refractivity contribution in [3.05, 3.63) is 41.5 Å². The summed E-state index contributed by atoms with van der Waals surface area (Å²) in [6.45, 7) is 4.62. The summed E-state index contributed by atoms with van der Waals surface area (Å²) in [5.41, 5.74) is 0.423. The van der Waals surface area contributed by atoms with Crippen LogP contribution in [0.4, 0.5) is 14.5 Å². The van der Waals surface area contributed by atoms with Gasteiger partial charge in [-0.25, -0.2) is 18.4 Å². The van der Waals surface area contributed by atoms with Gasteiger partial charge in [0.05, 0.1) is 12.2 Å². The Kier molecular flexibility index (Phi) is 4.09. The molecule has 4 nitrogen and oxygen atoms in total. The number of halogens is 2. The van der Waals surface area contributed by atoms with Crippen molar-refractivity contribution in [3.63, 3.8) is 0 Å². The van der Waals surface area contributed by atoms with Gasteiger partial charge in [-0.3, -0.25) is 0 Å². The molecule has 0 amide bonds. The molecule has 0 radical (unpaired) electrons. The number of benzene rings is 1. The SMILES string of the molecule is CCCn1ncnc1CNc1cc(F)c(C)cc1F. The summed E-state index contributed by atoms with van der Waals surface area (Å²) in [6, 6.07) is 2.33. The average molecular weight is 266 g/mol. The quantitative estimate of drug-likeness (QED) is 0.904. The van der Waals surface area contributed by atoms with Crippen molar-refractivity contribution in [2.45, 2.75) is 33.4 Å². The van der Waals surface area contributed by atoms with Crippen molar-refractivity contribution >= 4 is 5.69 Å². The first-order chi connectivity index (χ1) is 9.11. The van der Waals surface area contributed by atoms with E-state index < -0.39 is 11.6 Å². The monoisotopic (exact) mass is 266 g/mol. The Bertz CT molecular complexity index is 566. The molecule has 2 aromatic rings. The zero-order valence-electron chi connectivity index (χ0n) is 11.0. The molecule has 1 N–H and O–H groups in total. The lowest BCUT2D eigenvalue weighted by Gasteiger charge is -2.09. The number of aromatic nitrogens is 3. The third-order valence-corrected chi connectivity index (χ3v) is 2.82. The average Bonchev–Trinajstić information content (AvgIpc) is 2.80. The Hall–Kier alpha value is -1.98. The molecule has 0 saturated heterocycles. The summed E-state index contributed by atoms with van der Waals surface area (Å²) in [5.74, 6) is -0.207. The molecule has 0 aliphatic carbocycles. The van der Waals surface area contributed by atoms with E-state index in [2.05, 4.69) is 15.4 Å². The second-order valence-corrected chi connectivity index (χ2v) is 4.33. The zero-order chi connectivity index (χ0) is 13.8. The smallest absolute Gasteiger partial charge is 0.146 e. The van der Waals surface area contributed by atoms with Gasteiger partial charge in [0, 0.05) is 12.6 Å². The van der Waals surface area contributed by atoms with Gasteiger partial charge in [-0.05, 0) is 25.0 Å². The first-order valence-corrected chi connectivity index (χ1v) is 6.18. The second-order valence-electron chi connectivity index (χ2n) is 4.33. The van der Waals surface area contributed by atoms with Gasteiger partial charge in [0.25, 0.3) is 0 Å². The van der Waals surface area contributed by atoms with Crippen molar-refractivity contribution in [1.29, 1.82) is 0 Å². The molecule has 0 bridgehead atoms. The van der Waals surface area contributed by atoms with Crippen LogP contribution in [0.2, 0.25) is 0 Å². The highest BCUT2D eigenvalue weighted by Crippen LogP contribution is 2.19. The van der Waals surface area contributed by atoms with E-state index in [9.17, 15) is 8.78 Å². The molecule has 2 rings (SSSR count). The van der Waals surface area contributed by atoms with E-state index in [1.807, 2.05) is 6.92 Å². The molecule has 19 heavy (non-hydrogen) atoms. The Morgan fingerprint density at radius 2 is 2.05 bits per heavy atom. The summed E-state index contributed by atoms with van der Waals surface area (Å²) >= 11 is 0. The van der Waals surface area contributed by atoms with Gasteiger partial charge in [-0.1, -0.05) is 6.92 Å². The number of hydrogen-bond donors (Lipinski definition) is 1. The normalized spacial score (nSPS) is 10.7. The van der Waals surface area contributed by atoms with E-state index in [1.165, 1.54) is 19.3 Å². The van der Waals surface area contributed by atoms with E-state index >= 15 is 0 Å². The first-order valence-electron chi connectivity index (χ1n) is 6.18. The fraction of sp³-hybridized carbons (Fsp3) is 0.385. The first kappa shape index (κ1) is 13.5. The lowest BCUT2D eigenvalue weighted by atomic mass is 10.2.